The molecule has 0 aliphatic heterocycles. The predicted molar refractivity (Wildman–Crippen MR) is 149 cm³/mol. The number of hydrogen-bond donors (Lipinski definition) is 1. The van der Waals surface area contributed by atoms with E-state index in [9.17, 15) is 26.8 Å². The third-order valence-electron chi connectivity index (χ3n) is 6.53. The molecule has 0 saturated carbocycles. The van der Waals surface area contributed by atoms with Crippen LogP contribution in [-0.2, 0) is 10.0 Å². The van der Waals surface area contributed by atoms with E-state index >= 15 is 0 Å². The Morgan fingerprint density at radius 2 is 1.52 bits per heavy atom. The Balaban J connectivity index is 1.82. The zero-order valence-electron chi connectivity index (χ0n) is 21.6. The lowest BCUT2D eigenvalue weighted by atomic mass is 9.99. The fraction of sp³-hybridized carbons (Fsp3) is 0.103. The number of nitrogens with one attached hydrogen (secondary N) is 1. The fourth-order valence-electron chi connectivity index (χ4n) is 4.41. The number of furan rings is 1. The number of carbonyl (C=O) groups excluding carboxylic acids is 1. The van der Waals surface area contributed by atoms with Crippen LogP contribution in [0.25, 0.3) is 39.1 Å². The number of halogens is 2. The van der Waals surface area contributed by atoms with E-state index in [0.717, 1.165) is 10.6 Å². The van der Waals surface area contributed by atoms with Crippen LogP contribution < -0.4 is 15.2 Å². The number of fused-ring (bicyclic) bond motifs is 1. The van der Waals surface area contributed by atoms with Crippen LogP contribution >= 0.6 is 0 Å². The van der Waals surface area contributed by atoms with E-state index in [1.807, 2.05) is 0 Å². The highest BCUT2D eigenvalue weighted by atomic mass is 32.2. The maximum atomic E-state index is 13.6. The minimum absolute atomic E-state index is 0.172. The Labute approximate surface area is 228 Å². The van der Waals surface area contributed by atoms with Crippen molar-refractivity contribution in [1.29, 1.82) is 0 Å². The molecule has 0 spiro atoms. The van der Waals surface area contributed by atoms with Crippen LogP contribution in [-0.4, -0.2) is 39.2 Å². The number of sulfonamides is 1. The topological polar surface area (TPSA) is 102 Å². The van der Waals surface area contributed by atoms with Gasteiger partial charge in [-0.15, -0.1) is 0 Å². The van der Waals surface area contributed by atoms with Crippen molar-refractivity contribution in [3.05, 3.63) is 107 Å². The average Bonchev–Trinajstić information content (AvgIpc) is 3.30. The largest absolute Gasteiger partial charge is 0.455 e. The van der Waals surface area contributed by atoms with Crippen LogP contribution in [0.15, 0.2) is 88.2 Å². The van der Waals surface area contributed by atoms with Gasteiger partial charge in [-0.3, -0.25) is 18.5 Å². The van der Waals surface area contributed by atoms with Gasteiger partial charge in [-0.2, -0.15) is 0 Å². The summed E-state index contributed by atoms with van der Waals surface area (Å²) in [6.45, 7) is 0. The van der Waals surface area contributed by atoms with Crippen molar-refractivity contribution in [3.8, 4) is 28.1 Å². The van der Waals surface area contributed by atoms with Crippen LogP contribution in [0.3, 0.4) is 0 Å². The SMILES string of the molecule is CNC(=O)c1c(-c2ccc(F)cc2)oc2cc(N(C)S(C)(=O)=O)c(-c3ccc(=O)n(-c4ccc(F)cc4)c3)cc12. The lowest BCUT2D eigenvalue weighted by molar-refractivity contribution is 0.0964. The smallest absolute Gasteiger partial charge is 0.255 e. The average molecular weight is 564 g/mol. The van der Waals surface area contributed by atoms with Gasteiger partial charge in [0.15, 0.2) is 0 Å². The van der Waals surface area contributed by atoms with Gasteiger partial charge in [0.2, 0.25) is 10.0 Å². The lowest BCUT2D eigenvalue weighted by Gasteiger charge is -2.21. The Hall–Kier alpha value is -4.77. The standard InChI is InChI=1S/C29H23F2N3O5S/c1-32-29(36)27-23-14-22(18-6-13-26(35)34(16-18)21-11-9-20(31)10-12-21)24(33(2)40(3,37)38)15-25(23)39-28(27)17-4-7-19(30)8-5-17/h4-16H,1-3H3,(H,32,36). The molecule has 40 heavy (non-hydrogen) atoms. The van der Waals surface area contributed by atoms with Gasteiger partial charge in [0.1, 0.15) is 23.0 Å². The molecule has 5 aromatic rings. The summed E-state index contributed by atoms with van der Waals surface area (Å²) in [7, 11) is -0.917. The second-order valence-electron chi connectivity index (χ2n) is 9.09. The highest BCUT2D eigenvalue weighted by molar-refractivity contribution is 7.92. The molecule has 8 nitrogen and oxygen atoms in total. The normalized spacial score (nSPS) is 11.5. The molecule has 0 aliphatic carbocycles. The Bertz CT molecular complexity index is 1930. The van der Waals surface area contributed by atoms with Gasteiger partial charge >= 0.3 is 0 Å². The molecule has 0 bridgehead atoms. The first-order chi connectivity index (χ1) is 19.0. The number of pyridine rings is 1. The van der Waals surface area contributed by atoms with Crippen molar-refractivity contribution >= 4 is 32.6 Å². The first-order valence-corrected chi connectivity index (χ1v) is 13.8. The number of anilines is 1. The molecule has 2 heterocycles. The molecule has 11 heteroatoms. The maximum absolute atomic E-state index is 13.6. The van der Waals surface area contributed by atoms with Crippen molar-refractivity contribution in [2.75, 3.05) is 24.7 Å². The Morgan fingerprint density at radius 1 is 0.925 bits per heavy atom. The number of nitrogens with zero attached hydrogens (tertiary/aromatic N) is 2. The first-order valence-electron chi connectivity index (χ1n) is 12.0. The summed E-state index contributed by atoms with van der Waals surface area (Å²) in [5, 5.41) is 2.96. The highest BCUT2D eigenvalue weighted by Gasteiger charge is 2.26. The van der Waals surface area contributed by atoms with Gasteiger partial charge in [0, 0.05) is 60.2 Å². The zero-order valence-corrected chi connectivity index (χ0v) is 22.4. The molecular weight excluding hydrogens is 540 g/mol. The number of amides is 1. The van der Waals surface area contributed by atoms with E-state index < -0.39 is 27.6 Å². The van der Waals surface area contributed by atoms with Gasteiger partial charge in [-0.1, -0.05) is 0 Å². The molecular formula is C29H23F2N3O5S. The number of aromatic nitrogens is 1. The summed E-state index contributed by atoms with van der Waals surface area (Å²) in [5.41, 5.74) is 1.91. The van der Waals surface area contributed by atoms with Crippen molar-refractivity contribution in [1.82, 2.24) is 9.88 Å². The Kier molecular flexibility index (Phi) is 6.76. The van der Waals surface area contributed by atoms with E-state index in [-0.39, 0.29) is 28.2 Å². The summed E-state index contributed by atoms with van der Waals surface area (Å²) >= 11 is 0. The van der Waals surface area contributed by atoms with E-state index in [4.69, 9.17) is 4.42 Å². The van der Waals surface area contributed by atoms with Crippen LogP contribution in [0.1, 0.15) is 10.4 Å². The Morgan fingerprint density at radius 3 is 2.12 bits per heavy atom. The molecule has 204 valence electrons. The van der Waals surface area contributed by atoms with E-state index in [0.29, 0.717) is 27.8 Å². The van der Waals surface area contributed by atoms with Gasteiger partial charge < -0.3 is 9.73 Å². The van der Waals surface area contributed by atoms with Gasteiger partial charge in [0.25, 0.3) is 11.5 Å². The van der Waals surface area contributed by atoms with E-state index in [1.165, 1.54) is 91.6 Å². The van der Waals surface area contributed by atoms with Crippen molar-refractivity contribution in [3.63, 3.8) is 0 Å². The number of rotatable bonds is 6. The van der Waals surface area contributed by atoms with Crippen molar-refractivity contribution < 1.29 is 26.4 Å². The van der Waals surface area contributed by atoms with E-state index in [2.05, 4.69) is 5.32 Å². The molecule has 0 radical (unpaired) electrons. The maximum Gasteiger partial charge on any atom is 0.255 e. The van der Waals surface area contributed by atoms with E-state index in [1.54, 1.807) is 6.07 Å². The lowest BCUT2D eigenvalue weighted by Crippen LogP contribution is -2.25. The number of benzene rings is 3. The predicted octanol–water partition coefficient (Wildman–Crippen LogP) is 4.95. The van der Waals surface area contributed by atoms with Crippen molar-refractivity contribution in [2.45, 2.75) is 0 Å². The molecule has 0 atom stereocenters. The summed E-state index contributed by atoms with van der Waals surface area (Å²) in [6.07, 6.45) is 2.55. The molecule has 2 aromatic heterocycles. The summed E-state index contributed by atoms with van der Waals surface area (Å²) < 4.78 is 60.8. The van der Waals surface area contributed by atoms with Gasteiger partial charge in [-0.05, 0) is 60.7 Å². The third-order valence-corrected chi connectivity index (χ3v) is 7.72. The van der Waals surface area contributed by atoms with Crippen LogP contribution in [0, 0.1) is 11.6 Å². The molecule has 5 rings (SSSR count). The minimum atomic E-state index is -3.75. The summed E-state index contributed by atoms with van der Waals surface area (Å²) in [4.78, 5) is 25.8. The first kappa shape index (κ1) is 26.8. The quantitative estimate of drug-likeness (QED) is 0.315. The van der Waals surface area contributed by atoms with Crippen LogP contribution in [0.4, 0.5) is 14.5 Å². The minimum Gasteiger partial charge on any atom is -0.455 e. The molecule has 0 unspecified atom stereocenters. The molecule has 1 N–H and O–H groups in total. The second-order valence-corrected chi connectivity index (χ2v) is 11.1. The molecule has 1 amide bonds. The van der Waals surface area contributed by atoms with Gasteiger partial charge in [-0.25, -0.2) is 17.2 Å². The second kappa shape index (κ2) is 10.1. The zero-order chi connectivity index (χ0) is 28.8. The molecule has 0 fully saturated rings. The summed E-state index contributed by atoms with van der Waals surface area (Å²) in [6, 6.07) is 16.7. The number of hydrogen-bond acceptors (Lipinski definition) is 5. The fourth-order valence-corrected chi connectivity index (χ4v) is 4.92. The van der Waals surface area contributed by atoms with Gasteiger partial charge in [0.05, 0.1) is 17.5 Å². The monoisotopic (exact) mass is 563 g/mol. The number of carbonyl (C=O) groups is 1. The third kappa shape index (κ3) is 4.87. The van der Waals surface area contributed by atoms with Crippen LogP contribution in [0.2, 0.25) is 0 Å². The van der Waals surface area contributed by atoms with Crippen LogP contribution in [0.5, 0.6) is 0 Å². The summed E-state index contributed by atoms with van der Waals surface area (Å²) in [5.74, 6) is -1.22. The van der Waals surface area contributed by atoms with Crippen molar-refractivity contribution in [2.24, 2.45) is 0 Å². The highest BCUT2D eigenvalue weighted by Crippen LogP contribution is 2.41. The molecule has 0 aliphatic rings. The molecule has 0 saturated heterocycles. The molecule has 3 aromatic carbocycles.